The summed E-state index contributed by atoms with van der Waals surface area (Å²) in [5.74, 6) is -1.54. The number of esters is 1. The van der Waals surface area contributed by atoms with Gasteiger partial charge in [0.1, 0.15) is 13.2 Å². The molecular weight excluding hydrogens is 466 g/mol. The molecule has 2 aromatic carbocycles. The minimum absolute atomic E-state index is 0.0100. The zero-order valence-electron chi connectivity index (χ0n) is 18.7. The molecule has 0 spiro atoms. The number of nitrogens with two attached hydrogens (primary N) is 1. The number of hydrogen-bond donors (Lipinski definition) is 1. The van der Waals surface area contributed by atoms with Crippen molar-refractivity contribution in [3.05, 3.63) is 69.8 Å². The Hall–Kier alpha value is -3.71. The van der Waals surface area contributed by atoms with E-state index in [0.717, 1.165) is 20.3 Å². The van der Waals surface area contributed by atoms with Crippen molar-refractivity contribution in [3.8, 4) is 0 Å². The van der Waals surface area contributed by atoms with Crippen LogP contribution in [0.4, 0.5) is 5.69 Å². The Labute approximate surface area is 196 Å². The minimum atomic E-state index is -3.85. The first-order valence-electron chi connectivity index (χ1n) is 10.2. The maximum atomic E-state index is 13.4. The van der Waals surface area contributed by atoms with Crippen LogP contribution in [-0.4, -0.2) is 79.3 Å². The number of rotatable bonds is 7. The average Bonchev–Trinajstić information content (AvgIpc) is 2.82. The largest absolute Gasteiger partial charge is 0.459 e. The lowest BCUT2D eigenvalue weighted by Crippen LogP contribution is -2.59. The first kappa shape index (κ1) is 24.9. The zero-order valence-corrected chi connectivity index (χ0v) is 19.5. The topological polar surface area (TPSA) is 156 Å². The van der Waals surface area contributed by atoms with Crippen molar-refractivity contribution in [2.75, 3.05) is 39.5 Å². The molecule has 3 rings (SSSR count). The number of nitrogens with zero attached hydrogens (tertiary/aromatic N) is 4. The highest BCUT2D eigenvalue weighted by Gasteiger charge is 2.41. The van der Waals surface area contributed by atoms with Crippen LogP contribution in [-0.2, 0) is 26.2 Å². The van der Waals surface area contributed by atoms with Crippen molar-refractivity contribution in [2.45, 2.75) is 17.5 Å². The van der Waals surface area contributed by atoms with E-state index in [1.807, 2.05) is 0 Å². The standard InChI is InChI=1S/C21H25N5O7S/c1-23(2)34(31,32)16-8-9-18(22)17(12-16)20(27)25-11-10-24(26(29)30)13-19(25)21(28)33-14-15-6-4-3-5-7-15/h3-9,12,19H,10-11,13-14,22H2,1-2H3. The lowest BCUT2D eigenvalue weighted by atomic mass is 10.1. The molecule has 0 bridgehead atoms. The number of anilines is 1. The summed E-state index contributed by atoms with van der Waals surface area (Å²) in [7, 11) is -1.15. The molecule has 0 aliphatic carbocycles. The van der Waals surface area contributed by atoms with Crippen molar-refractivity contribution in [1.29, 1.82) is 0 Å². The van der Waals surface area contributed by atoms with Crippen LogP contribution < -0.4 is 5.73 Å². The van der Waals surface area contributed by atoms with Gasteiger partial charge in [0.25, 0.3) is 5.91 Å². The van der Waals surface area contributed by atoms with E-state index >= 15 is 0 Å². The van der Waals surface area contributed by atoms with Crippen LogP contribution in [0, 0.1) is 10.1 Å². The van der Waals surface area contributed by atoms with Crippen molar-refractivity contribution in [1.82, 2.24) is 14.2 Å². The summed E-state index contributed by atoms with van der Waals surface area (Å²) in [4.78, 5) is 38.5. The van der Waals surface area contributed by atoms with Crippen molar-refractivity contribution in [3.63, 3.8) is 0 Å². The molecule has 1 unspecified atom stereocenters. The van der Waals surface area contributed by atoms with E-state index in [4.69, 9.17) is 10.5 Å². The van der Waals surface area contributed by atoms with Crippen LogP contribution in [0.1, 0.15) is 15.9 Å². The molecule has 2 aromatic rings. The fourth-order valence-corrected chi connectivity index (χ4v) is 4.36. The van der Waals surface area contributed by atoms with Gasteiger partial charge in [-0.25, -0.2) is 27.6 Å². The Balaban J connectivity index is 1.90. The van der Waals surface area contributed by atoms with E-state index in [-0.39, 0.29) is 42.4 Å². The molecule has 1 aliphatic heterocycles. The second kappa shape index (κ2) is 10.1. The quantitative estimate of drug-likeness (QED) is 0.253. The first-order valence-corrected chi connectivity index (χ1v) is 11.7. The number of hydrazine groups is 1. The normalized spacial score (nSPS) is 16.4. The Morgan fingerprint density at radius 1 is 1.18 bits per heavy atom. The molecule has 0 aromatic heterocycles. The van der Waals surface area contributed by atoms with E-state index < -0.39 is 33.0 Å². The van der Waals surface area contributed by atoms with Gasteiger partial charge in [-0.15, -0.1) is 5.01 Å². The molecule has 0 radical (unpaired) electrons. The van der Waals surface area contributed by atoms with E-state index in [1.54, 1.807) is 30.3 Å². The monoisotopic (exact) mass is 491 g/mol. The highest BCUT2D eigenvalue weighted by atomic mass is 32.2. The fraction of sp³-hybridized carbons (Fsp3) is 0.333. The molecule has 1 saturated heterocycles. The molecule has 1 aliphatic rings. The van der Waals surface area contributed by atoms with Crippen molar-refractivity contribution >= 4 is 27.6 Å². The van der Waals surface area contributed by atoms with Gasteiger partial charge in [-0.1, -0.05) is 30.3 Å². The van der Waals surface area contributed by atoms with Gasteiger partial charge in [-0.05, 0) is 23.8 Å². The van der Waals surface area contributed by atoms with Gasteiger partial charge in [-0.2, -0.15) is 0 Å². The Bertz CT molecular complexity index is 1190. The summed E-state index contributed by atoms with van der Waals surface area (Å²) >= 11 is 0. The van der Waals surface area contributed by atoms with Gasteiger partial charge in [0.05, 0.1) is 17.0 Å². The lowest BCUT2D eigenvalue weighted by Gasteiger charge is -2.36. The summed E-state index contributed by atoms with van der Waals surface area (Å²) in [6.07, 6.45) is 0. The number of nitrogen functional groups attached to an aromatic ring is 1. The first-order chi connectivity index (χ1) is 16.0. The van der Waals surface area contributed by atoms with E-state index in [9.17, 15) is 28.1 Å². The molecule has 13 heteroatoms. The molecule has 0 saturated carbocycles. The maximum Gasteiger partial charge on any atom is 0.331 e. The third-order valence-electron chi connectivity index (χ3n) is 5.38. The number of carbonyl (C=O) groups is 2. The fourth-order valence-electron chi connectivity index (χ4n) is 3.43. The molecular formula is C21H25N5O7S. The zero-order chi connectivity index (χ0) is 25.0. The van der Waals surface area contributed by atoms with Crippen molar-refractivity contribution < 1.29 is 27.8 Å². The van der Waals surface area contributed by atoms with Gasteiger partial charge in [0.15, 0.2) is 11.1 Å². The average molecular weight is 492 g/mol. The second-order valence-electron chi connectivity index (χ2n) is 7.79. The van der Waals surface area contributed by atoms with Crippen LogP contribution in [0.3, 0.4) is 0 Å². The predicted molar refractivity (Wildman–Crippen MR) is 121 cm³/mol. The van der Waals surface area contributed by atoms with Crippen LogP contribution in [0.15, 0.2) is 53.4 Å². The second-order valence-corrected chi connectivity index (χ2v) is 9.95. The van der Waals surface area contributed by atoms with Gasteiger partial charge < -0.3 is 15.4 Å². The summed E-state index contributed by atoms with van der Waals surface area (Å²) < 4.78 is 31.3. The van der Waals surface area contributed by atoms with Gasteiger partial charge in [0, 0.05) is 26.3 Å². The summed E-state index contributed by atoms with van der Waals surface area (Å²) in [5, 5.41) is 11.5. The maximum absolute atomic E-state index is 13.4. The number of sulfonamides is 1. The summed E-state index contributed by atoms with van der Waals surface area (Å²) in [6.45, 7) is -0.747. The van der Waals surface area contributed by atoms with E-state index in [0.29, 0.717) is 5.56 Å². The number of amides is 1. The molecule has 1 amide bonds. The third-order valence-corrected chi connectivity index (χ3v) is 7.19. The van der Waals surface area contributed by atoms with Crippen LogP contribution >= 0.6 is 0 Å². The Kier molecular flexibility index (Phi) is 7.37. The Morgan fingerprint density at radius 2 is 1.85 bits per heavy atom. The number of carbonyl (C=O) groups excluding carboxylic acids is 2. The molecule has 1 atom stereocenters. The summed E-state index contributed by atoms with van der Waals surface area (Å²) in [5.41, 5.74) is 6.55. The number of hydrogen-bond acceptors (Lipinski definition) is 8. The predicted octanol–water partition coefficient (Wildman–Crippen LogP) is 0.581. The number of nitro groups is 1. The minimum Gasteiger partial charge on any atom is -0.459 e. The van der Waals surface area contributed by atoms with Crippen LogP contribution in [0.5, 0.6) is 0 Å². The highest BCUT2D eigenvalue weighted by Crippen LogP contribution is 2.24. The molecule has 2 N–H and O–H groups in total. The van der Waals surface area contributed by atoms with E-state index in [2.05, 4.69) is 0 Å². The molecule has 1 heterocycles. The van der Waals surface area contributed by atoms with Crippen molar-refractivity contribution in [2.24, 2.45) is 0 Å². The summed E-state index contributed by atoms with van der Waals surface area (Å²) in [6, 6.07) is 11.3. The van der Waals surface area contributed by atoms with Crippen LogP contribution in [0.2, 0.25) is 0 Å². The lowest BCUT2D eigenvalue weighted by molar-refractivity contribution is -0.658. The molecule has 34 heavy (non-hydrogen) atoms. The smallest absolute Gasteiger partial charge is 0.331 e. The molecule has 182 valence electrons. The number of benzene rings is 2. The third kappa shape index (κ3) is 5.26. The molecule has 12 nitrogen and oxygen atoms in total. The highest BCUT2D eigenvalue weighted by molar-refractivity contribution is 7.89. The van der Waals surface area contributed by atoms with Gasteiger partial charge in [0.2, 0.25) is 10.0 Å². The number of ether oxygens (including phenoxy) is 1. The van der Waals surface area contributed by atoms with E-state index in [1.165, 1.54) is 26.2 Å². The van der Waals surface area contributed by atoms with Crippen LogP contribution in [0.25, 0.3) is 0 Å². The van der Waals surface area contributed by atoms with Gasteiger partial charge in [-0.3, -0.25) is 4.79 Å². The van der Waals surface area contributed by atoms with Gasteiger partial charge >= 0.3 is 5.97 Å². The SMILES string of the molecule is CN(C)S(=O)(=O)c1ccc(N)c(C(=O)N2CCN([N+](=O)[O-])CC2C(=O)OCc2ccccc2)c1. The number of piperazine rings is 1. The Morgan fingerprint density at radius 3 is 2.47 bits per heavy atom. The molecule has 1 fully saturated rings.